The lowest BCUT2D eigenvalue weighted by Gasteiger charge is -2.26. The molecule has 0 radical (unpaired) electrons. The third-order valence-electron chi connectivity index (χ3n) is 2.85. The third kappa shape index (κ3) is 4.53. The summed E-state index contributed by atoms with van der Waals surface area (Å²) in [4.78, 5) is 13.3. The van der Waals surface area contributed by atoms with Gasteiger partial charge in [0.15, 0.2) is 9.84 Å². The van der Waals surface area contributed by atoms with Crippen LogP contribution in [0.3, 0.4) is 0 Å². The van der Waals surface area contributed by atoms with E-state index in [1.807, 2.05) is 20.8 Å². The Morgan fingerprint density at radius 3 is 2.41 bits per heavy atom. The molecule has 1 aliphatic rings. The molecule has 1 unspecified atom stereocenters. The second-order valence-corrected chi connectivity index (χ2v) is 8.12. The van der Waals surface area contributed by atoms with E-state index in [1.165, 1.54) is 4.90 Å². The maximum Gasteiger partial charge on any atom is 0.317 e. The van der Waals surface area contributed by atoms with E-state index < -0.39 is 9.84 Å². The van der Waals surface area contributed by atoms with Crippen molar-refractivity contribution in [3.05, 3.63) is 0 Å². The molecule has 17 heavy (non-hydrogen) atoms. The van der Waals surface area contributed by atoms with Crippen molar-refractivity contribution in [1.82, 2.24) is 10.2 Å². The minimum Gasteiger partial charge on any atom is -0.337 e. The number of rotatable bonds is 2. The van der Waals surface area contributed by atoms with Gasteiger partial charge in [0.25, 0.3) is 0 Å². The molecule has 1 saturated heterocycles. The molecule has 0 bridgehead atoms. The molecule has 1 aliphatic heterocycles. The van der Waals surface area contributed by atoms with Crippen molar-refractivity contribution in [2.24, 2.45) is 5.41 Å². The molecular weight excluding hydrogens is 240 g/mol. The smallest absolute Gasteiger partial charge is 0.317 e. The molecule has 1 rings (SSSR count). The van der Waals surface area contributed by atoms with E-state index in [-0.39, 0.29) is 29.0 Å². The molecule has 0 spiro atoms. The van der Waals surface area contributed by atoms with Gasteiger partial charge in [-0.15, -0.1) is 0 Å². The van der Waals surface area contributed by atoms with Gasteiger partial charge in [-0.05, 0) is 11.8 Å². The zero-order chi connectivity index (χ0) is 13.3. The van der Waals surface area contributed by atoms with Crippen LogP contribution in [0.1, 0.15) is 27.2 Å². The van der Waals surface area contributed by atoms with Crippen LogP contribution in [0.15, 0.2) is 0 Å². The molecule has 0 aromatic rings. The molecule has 1 atom stereocenters. The lowest BCUT2D eigenvalue weighted by atomic mass is 9.97. The van der Waals surface area contributed by atoms with E-state index >= 15 is 0 Å². The lowest BCUT2D eigenvalue weighted by molar-refractivity contribution is 0.190. The molecule has 1 heterocycles. The van der Waals surface area contributed by atoms with Crippen LogP contribution in [0, 0.1) is 5.41 Å². The molecule has 1 N–H and O–H groups in total. The Labute approximate surface area is 103 Å². The summed E-state index contributed by atoms with van der Waals surface area (Å²) in [6, 6.07) is -0.373. The van der Waals surface area contributed by atoms with Gasteiger partial charge in [0.05, 0.1) is 11.5 Å². The van der Waals surface area contributed by atoms with E-state index in [9.17, 15) is 13.2 Å². The summed E-state index contributed by atoms with van der Waals surface area (Å²) in [6.45, 7) is 6.68. The van der Waals surface area contributed by atoms with Crippen LogP contribution in [0.25, 0.3) is 0 Å². The fourth-order valence-corrected chi connectivity index (χ4v) is 3.49. The summed E-state index contributed by atoms with van der Waals surface area (Å²) < 4.78 is 22.7. The summed E-state index contributed by atoms with van der Waals surface area (Å²) >= 11 is 0. The van der Waals surface area contributed by atoms with E-state index in [0.29, 0.717) is 13.0 Å². The second kappa shape index (κ2) is 4.84. The molecule has 0 aromatic heterocycles. The first-order chi connectivity index (χ1) is 7.61. The van der Waals surface area contributed by atoms with Gasteiger partial charge in [0.1, 0.15) is 0 Å². The SMILES string of the molecule is CN(C(=O)NCC(C)(C)C)C1CCS(=O)(=O)C1. The molecule has 6 heteroatoms. The number of carbonyl (C=O) groups is 1. The van der Waals surface area contributed by atoms with Crippen molar-refractivity contribution < 1.29 is 13.2 Å². The Bertz CT molecular complexity index is 384. The molecule has 2 amide bonds. The van der Waals surface area contributed by atoms with E-state index in [0.717, 1.165) is 0 Å². The van der Waals surface area contributed by atoms with Gasteiger partial charge in [-0.2, -0.15) is 0 Å². The number of urea groups is 1. The van der Waals surface area contributed by atoms with E-state index in [4.69, 9.17) is 0 Å². The molecule has 0 saturated carbocycles. The van der Waals surface area contributed by atoms with Crippen LogP contribution in [0.5, 0.6) is 0 Å². The van der Waals surface area contributed by atoms with Crippen LogP contribution in [0.4, 0.5) is 4.79 Å². The average Bonchev–Trinajstić information content (AvgIpc) is 2.53. The topological polar surface area (TPSA) is 66.5 Å². The third-order valence-corrected chi connectivity index (χ3v) is 4.60. The summed E-state index contributed by atoms with van der Waals surface area (Å²) in [7, 11) is -1.28. The van der Waals surface area contributed by atoms with Crippen LogP contribution >= 0.6 is 0 Å². The average molecular weight is 262 g/mol. The maximum atomic E-state index is 11.8. The lowest BCUT2D eigenvalue weighted by Crippen LogP contribution is -2.46. The predicted octanol–water partition coefficient (Wildman–Crippen LogP) is 0.861. The Kier molecular flexibility index (Phi) is 4.06. The predicted molar refractivity (Wildman–Crippen MR) is 67.7 cm³/mol. The molecule has 5 nitrogen and oxygen atoms in total. The fourth-order valence-electron chi connectivity index (χ4n) is 1.71. The number of hydrogen-bond acceptors (Lipinski definition) is 3. The number of nitrogens with one attached hydrogen (secondary N) is 1. The normalized spacial score (nSPS) is 23.4. The molecule has 0 aliphatic carbocycles. The zero-order valence-electron chi connectivity index (χ0n) is 11.0. The first kappa shape index (κ1) is 14.3. The molecular formula is C11H22N2O3S. The monoisotopic (exact) mass is 262 g/mol. The van der Waals surface area contributed by atoms with Crippen LogP contribution in [-0.4, -0.2) is 50.5 Å². The van der Waals surface area contributed by atoms with Crippen molar-refractivity contribution in [3.63, 3.8) is 0 Å². The largest absolute Gasteiger partial charge is 0.337 e. The number of amides is 2. The number of carbonyl (C=O) groups excluding carboxylic acids is 1. The van der Waals surface area contributed by atoms with Crippen molar-refractivity contribution in [2.75, 3.05) is 25.1 Å². The van der Waals surface area contributed by atoms with E-state index in [2.05, 4.69) is 5.32 Å². The van der Waals surface area contributed by atoms with Gasteiger partial charge in [0.2, 0.25) is 0 Å². The van der Waals surface area contributed by atoms with Gasteiger partial charge in [-0.25, -0.2) is 13.2 Å². The maximum absolute atomic E-state index is 11.8. The second-order valence-electron chi connectivity index (χ2n) is 5.89. The molecule has 0 aromatic carbocycles. The Morgan fingerprint density at radius 2 is 2.00 bits per heavy atom. The highest BCUT2D eigenvalue weighted by molar-refractivity contribution is 7.91. The van der Waals surface area contributed by atoms with Crippen LogP contribution < -0.4 is 5.32 Å². The number of nitrogens with zero attached hydrogens (tertiary/aromatic N) is 1. The van der Waals surface area contributed by atoms with Gasteiger partial charge in [-0.1, -0.05) is 20.8 Å². The van der Waals surface area contributed by atoms with Crippen molar-refractivity contribution in [3.8, 4) is 0 Å². The fraction of sp³-hybridized carbons (Fsp3) is 0.909. The van der Waals surface area contributed by atoms with Crippen molar-refractivity contribution in [2.45, 2.75) is 33.2 Å². The Balaban J connectivity index is 2.48. The van der Waals surface area contributed by atoms with Crippen molar-refractivity contribution >= 4 is 15.9 Å². The van der Waals surface area contributed by atoms with Gasteiger partial charge in [0, 0.05) is 19.6 Å². The van der Waals surface area contributed by atoms with Crippen LogP contribution in [-0.2, 0) is 9.84 Å². The van der Waals surface area contributed by atoms with Gasteiger partial charge < -0.3 is 10.2 Å². The van der Waals surface area contributed by atoms with Gasteiger partial charge >= 0.3 is 6.03 Å². The van der Waals surface area contributed by atoms with Gasteiger partial charge in [-0.3, -0.25) is 0 Å². The first-order valence-electron chi connectivity index (χ1n) is 5.82. The minimum atomic E-state index is -2.94. The highest BCUT2D eigenvalue weighted by atomic mass is 32.2. The summed E-state index contributed by atoms with van der Waals surface area (Å²) in [5.74, 6) is 0.279. The standard InChI is InChI=1S/C11H22N2O3S/c1-11(2,3)8-12-10(14)13(4)9-5-6-17(15,16)7-9/h9H,5-8H2,1-4H3,(H,12,14). The minimum absolute atomic E-state index is 0.0260. The number of sulfone groups is 1. The number of hydrogen-bond donors (Lipinski definition) is 1. The molecule has 100 valence electrons. The van der Waals surface area contributed by atoms with Crippen molar-refractivity contribution in [1.29, 1.82) is 0 Å². The first-order valence-corrected chi connectivity index (χ1v) is 7.64. The highest BCUT2D eigenvalue weighted by Gasteiger charge is 2.32. The molecule has 1 fully saturated rings. The Morgan fingerprint density at radius 1 is 1.41 bits per heavy atom. The summed E-state index contributed by atoms with van der Waals surface area (Å²) in [5.41, 5.74) is 0.0260. The van der Waals surface area contributed by atoms with Crippen LogP contribution in [0.2, 0.25) is 0 Å². The zero-order valence-corrected chi connectivity index (χ0v) is 11.8. The summed E-state index contributed by atoms with van der Waals surface area (Å²) in [6.07, 6.45) is 0.543. The summed E-state index contributed by atoms with van der Waals surface area (Å²) in [5, 5.41) is 2.82. The quantitative estimate of drug-likeness (QED) is 0.802. The van der Waals surface area contributed by atoms with E-state index in [1.54, 1.807) is 7.05 Å². The Hall–Kier alpha value is -0.780. The highest BCUT2D eigenvalue weighted by Crippen LogP contribution is 2.17.